The highest BCUT2D eigenvalue weighted by atomic mass is 16.3. The van der Waals surface area contributed by atoms with Gasteiger partial charge in [-0.2, -0.15) is 0 Å². The van der Waals surface area contributed by atoms with Crippen LogP contribution >= 0.6 is 0 Å². The fourth-order valence-corrected chi connectivity index (χ4v) is 0.857. The van der Waals surface area contributed by atoms with Crippen molar-refractivity contribution in [2.24, 2.45) is 5.92 Å². The average molecular weight is 158 g/mol. The summed E-state index contributed by atoms with van der Waals surface area (Å²) in [6.45, 7) is 4.52. The zero-order chi connectivity index (χ0) is 8.69. The normalized spacial score (nSPS) is 15.9. The van der Waals surface area contributed by atoms with Crippen molar-refractivity contribution in [2.45, 2.75) is 26.3 Å². The topological polar surface area (TPSA) is 49.3 Å². The standard InChI is InChI=1S/C8H16NO2/c1-7(3-5-10)8(2)9-4-6-11/h7-10H,3-5H2,1-2H3. The summed E-state index contributed by atoms with van der Waals surface area (Å²) < 4.78 is 0. The van der Waals surface area contributed by atoms with E-state index in [4.69, 9.17) is 5.11 Å². The van der Waals surface area contributed by atoms with Crippen LogP contribution in [0.4, 0.5) is 0 Å². The average Bonchev–Trinajstić information content (AvgIpc) is 2.00. The molecule has 0 aliphatic rings. The maximum absolute atomic E-state index is 9.85. The molecule has 3 nitrogen and oxygen atoms in total. The van der Waals surface area contributed by atoms with Gasteiger partial charge in [0, 0.05) is 12.6 Å². The van der Waals surface area contributed by atoms with Crippen molar-refractivity contribution in [1.82, 2.24) is 5.32 Å². The Kier molecular flexibility index (Phi) is 6.07. The molecule has 65 valence electrons. The number of aliphatic hydroxyl groups is 1. The van der Waals surface area contributed by atoms with Crippen LogP contribution in [-0.2, 0) is 4.79 Å². The predicted octanol–water partition coefficient (Wildman–Crippen LogP) is 0.0927. The van der Waals surface area contributed by atoms with Gasteiger partial charge in [-0.3, -0.25) is 4.79 Å². The van der Waals surface area contributed by atoms with Gasteiger partial charge in [0.05, 0.1) is 6.54 Å². The third-order valence-electron chi connectivity index (χ3n) is 1.93. The molecule has 0 aromatic carbocycles. The van der Waals surface area contributed by atoms with Crippen molar-refractivity contribution in [3.8, 4) is 0 Å². The van der Waals surface area contributed by atoms with E-state index in [0.717, 1.165) is 6.42 Å². The summed E-state index contributed by atoms with van der Waals surface area (Å²) in [7, 11) is 0. The molecule has 3 heteroatoms. The van der Waals surface area contributed by atoms with Crippen molar-refractivity contribution in [3.63, 3.8) is 0 Å². The number of rotatable bonds is 6. The Labute approximate surface area is 67.8 Å². The van der Waals surface area contributed by atoms with Gasteiger partial charge >= 0.3 is 0 Å². The number of aliphatic hydroxyl groups excluding tert-OH is 1. The van der Waals surface area contributed by atoms with Crippen LogP contribution in [0, 0.1) is 5.92 Å². The molecule has 0 spiro atoms. The molecule has 0 fully saturated rings. The van der Waals surface area contributed by atoms with E-state index in [0.29, 0.717) is 5.92 Å². The Morgan fingerprint density at radius 1 is 1.55 bits per heavy atom. The zero-order valence-corrected chi connectivity index (χ0v) is 7.13. The van der Waals surface area contributed by atoms with E-state index in [-0.39, 0.29) is 19.2 Å². The summed E-state index contributed by atoms with van der Waals surface area (Å²) in [4.78, 5) is 9.85. The maximum atomic E-state index is 9.85. The lowest BCUT2D eigenvalue weighted by molar-refractivity contribution is 0.245. The molecule has 0 aliphatic carbocycles. The van der Waals surface area contributed by atoms with Crippen LogP contribution in [0.1, 0.15) is 20.3 Å². The van der Waals surface area contributed by atoms with Gasteiger partial charge in [-0.05, 0) is 19.3 Å². The number of hydrogen-bond acceptors (Lipinski definition) is 3. The van der Waals surface area contributed by atoms with Crippen molar-refractivity contribution in [1.29, 1.82) is 0 Å². The van der Waals surface area contributed by atoms with E-state index in [1.807, 2.05) is 13.8 Å². The second kappa shape index (κ2) is 6.31. The zero-order valence-electron chi connectivity index (χ0n) is 7.13. The van der Waals surface area contributed by atoms with E-state index in [2.05, 4.69) is 5.32 Å². The highest BCUT2D eigenvalue weighted by Crippen LogP contribution is 2.05. The molecule has 0 aliphatic heterocycles. The van der Waals surface area contributed by atoms with E-state index in [9.17, 15) is 4.79 Å². The van der Waals surface area contributed by atoms with Gasteiger partial charge < -0.3 is 10.4 Å². The molecule has 0 aromatic rings. The van der Waals surface area contributed by atoms with Gasteiger partial charge in [0.25, 0.3) is 0 Å². The summed E-state index contributed by atoms with van der Waals surface area (Å²) >= 11 is 0. The first-order valence-corrected chi connectivity index (χ1v) is 3.91. The highest BCUT2D eigenvalue weighted by Gasteiger charge is 2.09. The Balaban J connectivity index is 3.45. The third-order valence-corrected chi connectivity index (χ3v) is 1.93. The van der Waals surface area contributed by atoms with Crippen LogP contribution in [0.3, 0.4) is 0 Å². The predicted molar refractivity (Wildman–Crippen MR) is 44.0 cm³/mol. The molecule has 0 bridgehead atoms. The van der Waals surface area contributed by atoms with Crippen molar-refractivity contribution in [3.05, 3.63) is 0 Å². The molecule has 0 aromatic heterocycles. The lowest BCUT2D eigenvalue weighted by Crippen LogP contribution is -2.33. The molecular formula is C8H16NO2. The monoisotopic (exact) mass is 158 g/mol. The molecule has 11 heavy (non-hydrogen) atoms. The molecule has 0 saturated carbocycles. The maximum Gasteiger partial charge on any atom is 0.213 e. The van der Waals surface area contributed by atoms with Crippen LogP contribution in [0.2, 0.25) is 0 Å². The highest BCUT2D eigenvalue weighted by molar-refractivity contribution is 5.52. The van der Waals surface area contributed by atoms with Gasteiger partial charge in [0.15, 0.2) is 0 Å². The minimum Gasteiger partial charge on any atom is -0.396 e. The third kappa shape index (κ3) is 4.93. The van der Waals surface area contributed by atoms with Gasteiger partial charge in [-0.15, -0.1) is 0 Å². The fourth-order valence-electron chi connectivity index (χ4n) is 0.857. The Morgan fingerprint density at radius 3 is 2.64 bits per heavy atom. The van der Waals surface area contributed by atoms with E-state index >= 15 is 0 Å². The van der Waals surface area contributed by atoms with Crippen molar-refractivity contribution >= 4 is 6.29 Å². The van der Waals surface area contributed by atoms with Gasteiger partial charge in [-0.25, -0.2) is 0 Å². The Bertz CT molecular complexity index is 106. The summed E-state index contributed by atoms with van der Waals surface area (Å²) in [5.41, 5.74) is 0. The quantitative estimate of drug-likeness (QED) is 0.576. The summed E-state index contributed by atoms with van der Waals surface area (Å²) in [6, 6.07) is 0.267. The molecule has 1 radical (unpaired) electrons. The van der Waals surface area contributed by atoms with E-state index in [1.165, 1.54) is 0 Å². The van der Waals surface area contributed by atoms with Crippen molar-refractivity contribution in [2.75, 3.05) is 13.2 Å². The molecule has 2 N–H and O–H groups in total. The van der Waals surface area contributed by atoms with Crippen LogP contribution in [0.15, 0.2) is 0 Å². The summed E-state index contributed by atoms with van der Waals surface area (Å²) in [5.74, 6) is 0.397. The van der Waals surface area contributed by atoms with Crippen LogP contribution in [0.5, 0.6) is 0 Å². The smallest absolute Gasteiger partial charge is 0.213 e. The van der Waals surface area contributed by atoms with Gasteiger partial charge in [0.2, 0.25) is 6.29 Å². The Morgan fingerprint density at radius 2 is 2.18 bits per heavy atom. The summed E-state index contributed by atoms with van der Waals surface area (Å²) in [6.07, 6.45) is 2.54. The second-order valence-electron chi connectivity index (χ2n) is 2.80. The molecule has 2 unspecified atom stereocenters. The van der Waals surface area contributed by atoms with E-state index < -0.39 is 0 Å². The molecule has 0 rings (SSSR count). The SMILES string of the molecule is CC(CCO)C(C)NC[C]=O. The largest absolute Gasteiger partial charge is 0.396 e. The first-order valence-electron chi connectivity index (χ1n) is 3.91. The van der Waals surface area contributed by atoms with Crippen molar-refractivity contribution < 1.29 is 9.90 Å². The van der Waals surface area contributed by atoms with Crippen LogP contribution in [-0.4, -0.2) is 30.6 Å². The number of carbonyl (C=O) groups excluding carboxylic acids is 1. The first kappa shape index (κ1) is 10.6. The van der Waals surface area contributed by atoms with Gasteiger partial charge in [-0.1, -0.05) is 6.92 Å². The lowest BCUT2D eigenvalue weighted by atomic mass is 10.0. The second-order valence-corrected chi connectivity index (χ2v) is 2.80. The molecule has 0 saturated heterocycles. The van der Waals surface area contributed by atoms with Gasteiger partial charge in [0.1, 0.15) is 0 Å². The first-order chi connectivity index (χ1) is 5.22. The molecule has 0 amide bonds. The number of nitrogens with one attached hydrogen (secondary N) is 1. The molecular weight excluding hydrogens is 142 g/mol. The molecule has 0 heterocycles. The fraction of sp³-hybridized carbons (Fsp3) is 0.875. The minimum atomic E-state index is 0.206. The van der Waals surface area contributed by atoms with E-state index in [1.54, 1.807) is 6.29 Å². The van der Waals surface area contributed by atoms with Crippen LogP contribution in [0.25, 0.3) is 0 Å². The number of hydrogen-bond donors (Lipinski definition) is 2. The molecule has 2 atom stereocenters. The Hall–Kier alpha value is -0.410. The summed E-state index contributed by atoms with van der Waals surface area (Å²) in [5, 5.41) is 11.6. The van der Waals surface area contributed by atoms with Crippen LogP contribution < -0.4 is 5.32 Å². The lowest BCUT2D eigenvalue weighted by Gasteiger charge is -2.18. The minimum absolute atomic E-state index is 0.206.